The van der Waals surface area contributed by atoms with Crippen molar-refractivity contribution in [3.05, 3.63) is 35.4 Å². The van der Waals surface area contributed by atoms with Crippen molar-refractivity contribution < 1.29 is 0 Å². The van der Waals surface area contributed by atoms with Gasteiger partial charge in [0, 0.05) is 22.2 Å². The minimum Gasteiger partial charge on any atom is -0.326 e. The molecule has 0 saturated carbocycles. The monoisotopic (exact) mass is 446 g/mol. The molecule has 6 N–H and O–H groups in total. The Balaban J connectivity index is 2.61. The molecular weight excluding hydrogens is 392 g/mol. The van der Waals surface area contributed by atoms with Crippen LogP contribution in [0.25, 0.3) is 0 Å². The van der Waals surface area contributed by atoms with Crippen LogP contribution in [0.15, 0.2) is 24.3 Å². The summed E-state index contributed by atoms with van der Waals surface area (Å²) in [6.45, 7) is 19.8. The third kappa shape index (κ3) is 12.3. The minimum atomic E-state index is -0.0832. The Labute approximate surface area is 199 Å². The maximum Gasteiger partial charge on any atom is 0.0191 e. The molecule has 0 saturated heterocycles. The summed E-state index contributed by atoms with van der Waals surface area (Å²) in [6.07, 6.45) is 8.54. The first-order chi connectivity index (χ1) is 14.7. The van der Waals surface area contributed by atoms with Gasteiger partial charge >= 0.3 is 0 Å². The van der Waals surface area contributed by atoms with Gasteiger partial charge in [0.1, 0.15) is 0 Å². The number of nitrogens with two attached hydrogens (primary N) is 2. The fourth-order valence-electron chi connectivity index (χ4n) is 4.22. The van der Waals surface area contributed by atoms with Crippen molar-refractivity contribution in [1.82, 2.24) is 10.6 Å². The lowest BCUT2D eigenvalue weighted by Crippen LogP contribution is -2.45. The molecule has 2 unspecified atom stereocenters. The molecule has 0 spiro atoms. The highest BCUT2D eigenvalue weighted by atomic mass is 15.0. The van der Waals surface area contributed by atoms with Crippen molar-refractivity contribution in [3.63, 3.8) is 0 Å². The normalized spacial score (nSPS) is 16.6. The van der Waals surface area contributed by atoms with Crippen LogP contribution in [0.2, 0.25) is 0 Å². The number of nitrogens with one attached hydrogen (secondary N) is 2. The SMILES string of the molecule is CCC(C)(N)CCCNC(C)(CC)Cc1cccc(CC(C)(C)NCCCC(C)(C)N)c1. The zero-order chi connectivity index (χ0) is 24.5. The van der Waals surface area contributed by atoms with Crippen LogP contribution in [0.1, 0.15) is 105 Å². The molecule has 32 heavy (non-hydrogen) atoms. The van der Waals surface area contributed by atoms with Gasteiger partial charge in [-0.1, -0.05) is 38.1 Å². The molecule has 0 aliphatic heterocycles. The van der Waals surface area contributed by atoms with Crippen LogP contribution in [0.4, 0.5) is 0 Å². The smallest absolute Gasteiger partial charge is 0.0191 e. The van der Waals surface area contributed by atoms with Gasteiger partial charge in [0.05, 0.1) is 0 Å². The highest BCUT2D eigenvalue weighted by Crippen LogP contribution is 2.21. The predicted molar refractivity (Wildman–Crippen MR) is 142 cm³/mol. The van der Waals surface area contributed by atoms with E-state index in [0.29, 0.717) is 0 Å². The van der Waals surface area contributed by atoms with E-state index in [1.54, 1.807) is 0 Å². The Kier molecular flexibility index (Phi) is 11.4. The molecule has 4 nitrogen and oxygen atoms in total. The van der Waals surface area contributed by atoms with Crippen molar-refractivity contribution in [1.29, 1.82) is 0 Å². The second-order valence-electron chi connectivity index (χ2n) is 12.0. The maximum absolute atomic E-state index is 6.31. The van der Waals surface area contributed by atoms with Gasteiger partial charge in [-0.05, 0) is 117 Å². The Morgan fingerprint density at radius 3 is 1.88 bits per heavy atom. The van der Waals surface area contributed by atoms with Gasteiger partial charge in [-0.2, -0.15) is 0 Å². The van der Waals surface area contributed by atoms with E-state index in [4.69, 9.17) is 11.5 Å². The molecule has 0 heterocycles. The minimum absolute atomic E-state index is 0.0417. The van der Waals surface area contributed by atoms with Gasteiger partial charge in [0.25, 0.3) is 0 Å². The summed E-state index contributed by atoms with van der Waals surface area (Å²) in [5, 5.41) is 7.56. The molecule has 2 atom stereocenters. The van der Waals surface area contributed by atoms with Crippen molar-refractivity contribution >= 4 is 0 Å². The summed E-state index contributed by atoms with van der Waals surface area (Å²) in [6, 6.07) is 9.15. The summed E-state index contributed by atoms with van der Waals surface area (Å²) >= 11 is 0. The van der Waals surface area contributed by atoms with Crippen molar-refractivity contribution in [2.24, 2.45) is 11.5 Å². The van der Waals surface area contributed by atoms with Gasteiger partial charge in [-0.15, -0.1) is 0 Å². The van der Waals surface area contributed by atoms with Gasteiger partial charge in [0.2, 0.25) is 0 Å². The molecule has 0 aromatic heterocycles. The predicted octanol–water partition coefficient (Wildman–Crippen LogP) is 5.32. The van der Waals surface area contributed by atoms with Gasteiger partial charge in [-0.3, -0.25) is 0 Å². The van der Waals surface area contributed by atoms with E-state index in [1.165, 1.54) is 11.1 Å². The van der Waals surface area contributed by atoms with Gasteiger partial charge in [-0.25, -0.2) is 0 Å². The van der Waals surface area contributed by atoms with Crippen molar-refractivity contribution in [2.45, 2.75) is 129 Å². The molecule has 1 rings (SSSR count). The summed E-state index contributed by atoms with van der Waals surface area (Å²) in [5.74, 6) is 0. The van der Waals surface area contributed by atoms with E-state index in [2.05, 4.69) is 90.3 Å². The lowest BCUT2D eigenvalue weighted by molar-refractivity contribution is 0.322. The standard InChI is InChI=1S/C28H54N4/c1-9-27(7,30)17-13-19-32-28(8,10-2)22-24-15-11-14-23(20-24)21-26(5,6)31-18-12-16-25(3,4)29/h11,14-15,20,31-32H,9-10,12-13,16-19,21-22,29-30H2,1-8H3. The Bertz CT molecular complexity index is 660. The first-order valence-electron chi connectivity index (χ1n) is 12.8. The van der Waals surface area contributed by atoms with Crippen LogP contribution in [-0.4, -0.2) is 35.2 Å². The summed E-state index contributed by atoms with van der Waals surface area (Å²) < 4.78 is 0. The van der Waals surface area contributed by atoms with Crippen molar-refractivity contribution in [2.75, 3.05) is 13.1 Å². The molecular formula is C28H54N4. The molecule has 0 fully saturated rings. The first-order valence-corrected chi connectivity index (χ1v) is 12.8. The average Bonchev–Trinajstić information content (AvgIpc) is 2.68. The third-order valence-electron chi connectivity index (χ3n) is 6.90. The number of hydrogen-bond acceptors (Lipinski definition) is 4. The summed E-state index contributed by atoms with van der Waals surface area (Å²) in [7, 11) is 0. The molecule has 186 valence electrons. The fourth-order valence-corrected chi connectivity index (χ4v) is 4.22. The third-order valence-corrected chi connectivity index (χ3v) is 6.90. The van der Waals surface area contributed by atoms with Crippen LogP contribution in [0, 0.1) is 0 Å². The zero-order valence-electron chi connectivity index (χ0n) is 22.5. The van der Waals surface area contributed by atoms with Crippen LogP contribution in [0.5, 0.6) is 0 Å². The number of rotatable bonds is 16. The molecule has 0 amide bonds. The highest BCUT2D eigenvalue weighted by Gasteiger charge is 2.23. The fraction of sp³-hybridized carbons (Fsp3) is 0.786. The molecule has 0 aliphatic rings. The van der Waals surface area contributed by atoms with E-state index in [-0.39, 0.29) is 22.2 Å². The van der Waals surface area contributed by atoms with Gasteiger partial charge in [0.15, 0.2) is 0 Å². The largest absolute Gasteiger partial charge is 0.326 e. The van der Waals surface area contributed by atoms with Gasteiger partial charge < -0.3 is 22.1 Å². The van der Waals surface area contributed by atoms with Crippen LogP contribution in [0.3, 0.4) is 0 Å². The van der Waals surface area contributed by atoms with E-state index < -0.39 is 0 Å². The van der Waals surface area contributed by atoms with E-state index >= 15 is 0 Å². The number of hydrogen-bond donors (Lipinski definition) is 4. The lowest BCUT2D eigenvalue weighted by Gasteiger charge is -2.32. The molecule has 4 heteroatoms. The Morgan fingerprint density at radius 1 is 0.750 bits per heavy atom. The quantitative estimate of drug-likeness (QED) is 0.259. The molecule has 0 radical (unpaired) electrons. The molecule has 0 aliphatic carbocycles. The van der Waals surface area contributed by atoms with Crippen LogP contribution < -0.4 is 22.1 Å². The Morgan fingerprint density at radius 2 is 1.31 bits per heavy atom. The molecule has 1 aromatic carbocycles. The highest BCUT2D eigenvalue weighted by molar-refractivity contribution is 5.26. The summed E-state index contributed by atoms with van der Waals surface area (Å²) in [5.41, 5.74) is 15.3. The van der Waals surface area contributed by atoms with E-state index in [0.717, 1.165) is 64.5 Å². The van der Waals surface area contributed by atoms with Crippen LogP contribution >= 0.6 is 0 Å². The maximum atomic E-state index is 6.31. The van der Waals surface area contributed by atoms with E-state index in [1.807, 2.05) is 0 Å². The Hall–Kier alpha value is -0.940. The first kappa shape index (κ1) is 29.1. The van der Waals surface area contributed by atoms with Crippen molar-refractivity contribution in [3.8, 4) is 0 Å². The second kappa shape index (κ2) is 12.5. The van der Waals surface area contributed by atoms with E-state index in [9.17, 15) is 0 Å². The second-order valence-corrected chi connectivity index (χ2v) is 12.0. The zero-order valence-corrected chi connectivity index (χ0v) is 22.5. The molecule has 0 bridgehead atoms. The average molecular weight is 447 g/mol. The topological polar surface area (TPSA) is 76.1 Å². The molecule has 1 aromatic rings. The number of benzene rings is 1. The summed E-state index contributed by atoms with van der Waals surface area (Å²) in [4.78, 5) is 0. The van der Waals surface area contributed by atoms with Crippen LogP contribution in [-0.2, 0) is 12.8 Å². The lowest BCUT2D eigenvalue weighted by atomic mass is 9.87.